The van der Waals surface area contributed by atoms with Gasteiger partial charge in [0, 0.05) is 38.8 Å². The molecule has 0 N–H and O–H groups in total. The van der Waals surface area contributed by atoms with Crippen LogP contribution >= 0.6 is 0 Å². The summed E-state index contributed by atoms with van der Waals surface area (Å²) in [5.74, 6) is 1.20. The third-order valence-electron chi connectivity index (χ3n) is 9.14. The minimum Gasteiger partial charge on any atom is -0.493 e. The molecule has 6 rings (SSSR count). The number of alkyl halides is 2. The molecule has 2 aliphatic heterocycles. The maximum absolute atomic E-state index is 14.1. The Morgan fingerprint density at radius 1 is 0.875 bits per heavy atom. The molecule has 1 atom stereocenters. The molecule has 254 valence electrons. The van der Waals surface area contributed by atoms with Gasteiger partial charge in [0.2, 0.25) is 6.41 Å². The molecular weight excluding hydrogens is 622 g/mol. The first kappa shape index (κ1) is 33.2. The fraction of sp³-hybridized carbons (Fsp3) is 0.417. The molecule has 0 bridgehead atoms. The van der Waals surface area contributed by atoms with Crippen LogP contribution in [-0.4, -0.2) is 84.2 Å². The summed E-state index contributed by atoms with van der Waals surface area (Å²) >= 11 is 0. The molecule has 0 aliphatic carbocycles. The first-order chi connectivity index (χ1) is 23.4. The highest BCUT2D eigenvalue weighted by atomic mass is 19.1. The number of hydrogen-bond acceptors (Lipinski definition) is 7. The molecule has 4 aromatic rings. The lowest BCUT2D eigenvalue weighted by Crippen LogP contribution is -2.44. The molecule has 1 unspecified atom stereocenters. The van der Waals surface area contributed by atoms with Crippen molar-refractivity contribution < 1.29 is 27.8 Å². The van der Waals surface area contributed by atoms with Crippen molar-refractivity contribution in [2.75, 3.05) is 46.6 Å². The van der Waals surface area contributed by atoms with Gasteiger partial charge in [-0.2, -0.15) is 0 Å². The lowest BCUT2D eigenvalue weighted by Gasteiger charge is -2.31. The molecule has 48 heavy (non-hydrogen) atoms. The Kier molecular flexibility index (Phi) is 10.4. The summed E-state index contributed by atoms with van der Waals surface area (Å²) in [4.78, 5) is 43.3. The van der Waals surface area contributed by atoms with Crippen molar-refractivity contribution in [1.29, 1.82) is 0 Å². The highest BCUT2D eigenvalue weighted by molar-refractivity contribution is 5.80. The predicted octanol–water partition coefficient (Wildman–Crippen LogP) is 4.35. The third-order valence-corrected chi connectivity index (χ3v) is 9.14. The number of hydrogen-bond donors (Lipinski definition) is 0. The van der Waals surface area contributed by atoms with Gasteiger partial charge in [-0.15, -0.1) is 0 Å². The molecule has 3 heterocycles. The molecular formula is C36H40F2N4O6. The van der Waals surface area contributed by atoms with E-state index in [0.717, 1.165) is 37.0 Å². The molecule has 1 aromatic heterocycles. The van der Waals surface area contributed by atoms with Crippen LogP contribution in [0.2, 0.25) is 0 Å². The number of piperidine rings is 1. The number of ether oxygens (including phenoxy) is 3. The zero-order valence-corrected chi connectivity index (χ0v) is 26.9. The van der Waals surface area contributed by atoms with Crippen LogP contribution in [0.25, 0.3) is 10.9 Å². The van der Waals surface area contributed by atoms with E-state index >= 15 is 0 Å². The van der Waals surface area contributed by atoms with Gasteiger partial charge in [-0.25, -0.2) is 13.6 Å². The van der Waals surface area contributed by atoms with Crippen LogP contribution in [0.3, 0.4) is 0 Å². The lowest BCUT2D eigenvalue weighted by molar-refractivity contribution is -0.119. The van der Waals surface area contributed by atoms with Crippen LogP contribution in [0.5, 0.6) is 17.2 Å². The van der Waals surface area contributed by atoms with Crippen molar-refractivity contribution in [2.45, 2.75) is 50.6 Å². The molecule has 10 nitrogen and oxygen atoms in total. The summed E-state index contributed by atoms with van der Waals surface area (Å²) in [5.41, 5.74) is 1.26. The number of carbonyl (C=O) groups excluding carboxylic acids is 1. The number of nitrogens with zero attached hydrogens (tertiary/aromatic N) is 4. The molecule has 2 saturated heterocycles. The number of methoxy groups -OCH3 is 1. The molecule has 0 spiro atoms. The van der Waals surface area contributed by atoms with E-state index < -0.39 is 30.7 Å². The highest BCUT2D eigenvalue weighted by Crippen LogP contribution is 2.31. The van der Waals surface area contributed by atoms with E-state index in [1.807, 2.05) is 24.3 Å². The monoisotopic (exact) mass is 662 g/mol. The van der Waals surface area contributed by atoms with E-state index in [0.29, 0.717) is 48.5 Å². The van der Waals surface area contributed by atoms with Crippen molar-refractivity contribution in [2.24, 2.45) is 0 Å². The van der Waals surface area contributed by atoms with E-state index in [4.69, 9.17) is 14.2 Å². The van der Waals surface area contributed by atoms with Crippen molar-refractivity contribution >= 4 is 17.3 Å². The summed E-state index contributed by atoms with van der Waals surface area (Å²) in [6.45, 7) is 1.39. The van der Waals surface area contributed by atoms with Gasteiger partial charge in [0.05, 0.1) is 24.6 Å². The Hall–Kier alpha value is -4.71. The maximum Gasteiger partial charge on any atom is 0.332 e. The van der Waals surface area contributed by atoms with E-state index in [-0.39, 0.29) is 29.8 Å². The number of carbonyl (C=O) groups is 1. The Morgan fingerprint density at radius 3 is 2.35 bits per heavy atom. The summed E-state index contributed by atoms with van der Waals surface area (Å²) in [6, 6.07) is 19.9. The van der Waals surface area contributed by atoms with Crippen LogP contribution in [0.4, 0.5) is 8.78 Å². The standard InChI is InChI=1S/C36H40F2N4O6/c1-46-34-17-26(7-10-33(34)48-29-13-16-40(23-29)21-25-5-3-2-4-6-25)22-41-35(44)31-18-28(47-30(19-37)20-38)8-9-32(31)42(36(41)45)27-11-14-39(24-43)15-12-27/h2-10,17-18,24,27,29-30H,11-16,19-23H2,1H3. The normalized spacial score (nSPS) is 17.2. The smallest absolute Gasteiger partial charge is 0.332 e. The first-order valence-corrected chi connectivity index (χ1v) is 16.3. The average molecular weight is 663 g/mol. The van der Waals surface area contributed by atoms with Gasteiger partial charge in [-0.3, -0.25) is 23.6 Å². The Balaban J connectivity index is 1.28. The predicted molar refractivity (Wildman–Crippen MR) is 178 cm³/mol. The number of benzene rings is 3. The van der Waals surface area contributed by atoms with Crippen LogP contribution in [0, 0.1) is 0 Å². The second-order valence-corrected chi connectivity index (χ2v) is 12.4. The molecule has 0 radical (unpaired) electrons. The molecule has 0 saturated carbocycles. The molecule has 2 fully saturated rings. The molecule has 3 aromatic carbocycles. The second kappa shape index (κ2) is 15.0. The van der Waals surface area contributed by atoms with E-state index in [9.17, 15) is 23.2 Å². The summed E-state index contributed by atoms with van der Waals surface area (Å²) in [7, 11) is 1.55. The Morgan fingerprint density at radius 2 is 1.65 bits per heavy atom. The highest BCUT2D eigenvalue weighted by Gasteiger charge is 2.27. The van der Waals surface area contributed by atoms with Gasteiger partial charge in [-0.1, -0.05) is 36.4 Å². The SMILES string of the molecule is COc1cc(Cn2c(=O)c3cc(OC(CF)CF)ccc3n(C3CCN(C=O)CC3)c2=O)ccc1OC1CCN(Cc2ccccc2)C1. The van der Waals surface area contributed by atoms with Crippen LogP contribution in [0.15, 0.2) is 76.3 Å². The fourth-order valence-electron chi connectivity index (χ4n) is 6.62. The zero-order chi connectivity index (χ0) is 33.6. The van der Waals surface area contributed by atoms with Gasteiger partial charge in [0.15, 0.2) is 17.6 Å². The maximum atomic E-state index is 14.1. The largest absolute Gasteiger partial charge is 0.493 e. The second-order valence-electron chi connectivity index (χ2n) is 12.4. The summed E-state index contributed by atoms with van der Waals surface area (Å²) in [5, 5.41) is 0.189. The number of aromatic nitrogens is 2. The van der Waals surface area contributed by atoms with Gasteiger partial charge < -0.3 is 19.1 Å². The quantitative estimate of drug-likeness (QED) is 0.197. The fourth-order valence-corrected chi connectivity index (χ4v) is 6.62. The van der Waals surface area contributed by atoms with Crippen LogP contribution in [0.1, 0.15) is 36.4 Å². The van der Waals surface area contributed by atoms with Crippen LogP contribution < -0.4 is 25.5 Å². The van der Waals surface area contributed by atoms with E-state index in [2.05, 4.69) is 17.0 Å². The van der Waals surface area contributed by atoms with Crippen molar-refractivity contribution in [1.82, 2.24) is 18.9 Å². The number of halogens is 2. The van der Waals surface area contributed by atoms with Crippen LogP contribution in [-0.2, 0) is 17.9 Å². The molecule has 1 amide bonds. The molecule has 12 heteroatoms. The minimum absolute atomic E-state index is 0.0137. The Bertz CT molecular complexity index is 1840. The summed E-state index contributed by atoms with van der Waals surface area (Å²) in [6.07, 6.45) is 1.41. The zero-order valence-electron chi connectivity index (χ0n) is 26.9. The van der Waals surface area contributed by atoms with Crippen molar-refractivity contribution in [3.8, 4) is 17.2 Å². The number of amides is 1. The van der Waals surface area contributed by atoms with E-state index in [1.54, 1.807) is 34.8 Å². The van der Waals surface area contributed by atoms with Gasteiger partial charge in [0.1, 0.15) is 25.2 Å². The number of likely N-dealkylation sites (tertiary alicyclic amines) is 2. The third kappa shape index (κ3) is 7.23. The van der Waals surface area contributed by atoms with E-state index in [1.165, 1.54) is 17.7 Å². The lowest BCUT2D eigenvalue weighted by atomic mass is 10.0. The van der Waals surface area contributed by atoms with Gasteiger partial charge in [-0.05, 0) is 60.7 Å². The average Bonchev–Trinajstić information content (AvgIpc) is 3.56. The number of fused-ring (bicyclic) bond motifs is 1. The topological polar surface area (TPSA) is 95.2 Å². The van der Waals surface area contributed by atoms with Crippen molar-refractivity contribution in [3.05, 3.63) is 98.7 Å². The Labute approximate surface area is 277 Å². The van der Waals surface area contributed by atoms with Gasteiger partial charge >= 0.3 is 5.69 Å². The molecule has 2 aliphatic rings. The van der Waals surface area contributed by atoms with Crippen molar-refractivity contribution in [3.63, 3.8) is 0 Å². The van der Waals surface area contributed by atoms with Gasteiger partial charge in [0.25, 0.3) is 5.56 Å². The first-order valence-electron chi connectivity index (χ1n) is 16.3. The minimum atomic E-state index is -1.30. The summed E-state index contributed by atoms with van der Waals surface area (Å²) < 4.78 is 46.7. The number of rotatable bonds is 13.